The zero-order valence-corrected chi connectivity index (χ0v) is 11.4. The first kappa shape index (κ1) is 14.5. The molecule has 2 atom stereocenters. The number of fused-ring (bicyclic) bond motifs is 1. The van der Waals surface area contributed by atoms with Crippen LogP contribution >= 0.6 is 0 Å². The van der Waals surface area contributed by atoms with Crippen LogP contribution in [0.5, 0.6) is 0 Å². The van der Waals surface area contributed by atoms with Gasteiger partial charge < -0.3 is 4.74 Å². The lowest BCUT2D eigenvalue weighted by molar-refractivity contribution is -0.137. The fourth-order valence-corrected chi connectivity index (χ4v) is 2.99. The average Bonchev–Trinajstić information content (AvgIpc) is 2.93. The molecule has 2 unspecified atom stereocenters. The molecule has 3 nitrogen and oxygen atoms in total. The Morgan fingerprint density at radius 1 is 1.24 bits per heavy atom. The van der Waals surface area contributed by atoms with Crippen LogP contribution in [0.1, 0.15) is 28.8 Å². The summed E-state index contributed by atoms with van der Waals surface area (Å²) in [5.41, 5.74) is -0.478. The summed E-state index contributed by atoms with van der Waals surface area (Å²) >= 11 is 0. The van der Waals surface area contributed by atoms with Crippen molar-refractivity contribution in [3.63, 3.8) is 0 Å². The SMILES string of the molecule is O=C(c1ccc(C(F)(F)F)cc1)C1CN2CCCC2CO1. The van der Waals surface area contributed by atoms with Gasteiger partial charge in [-0.2, -0.15) is 13.2 Å². The molecule has 0 spiro atoms. The van der Waals surface area contributed by atoms with Gasteiger partial charge in [0.2, 0.25) is 0 Å². The third-order valence-electron chi connectivity index (χ3n) is 4.18. The van der Waals surface area contributed by atoms with Gasteiger partial charge in [0.1, 0.15) is 6.10 Å². The molecule has 2 aliphatic rings. The maximum Gasteiger partial charge on any atom is 0.416 e. The number of benzene rings is 1. The normalized spacial score (nSPS) is 26.6. The first-order valence-corrected chi connectivity index (χ1v) is 7.02. The van der Waals surface area contributed by atoms with Crippen LogP contribution in [-0.2, 0) is 10.9 Å². The van der Waals surface area contributed by atoms with E-state index >= 15 is 0 Å². The summed E-state index contributed by atoms with van der Waals surface area (Å²) in [4.78, 5) is 14.5. The average molecular weight is 299 g/mol. The van der Waals surface area contributed by atoms with Crippen LogP contribution in [0.3, 0.4) is 0 Å². The molecule has 2 heterocycles. The molecule has 0 N–H and O–H groups in total. The molecule has 0 saturated carbocycles. The maximum atomic E-state index is 12.5. The Hall–Kier alpha value is -1.40. The molecular formula is C15H16F3NO2. The maximum absolute atomic E-state index is 12.5. The highest BCUT2D eigenvalue weighted by Gasteiger charge is 2.36. The molecule has 21 heavy (non-hydrogen) atoms. The Labute approximate surface area is 120 Å². The molecule has 3 rings (SSSR count). The summed E-state index contributed by atoms with van der Waals surface area (Å²) in [6.07, 6.45) is -2.77. The summed E-state index contributed by atoms with van der Waals surface area (Å²) in [7, 11) is 0. The standard InChI is InChI=1S/C15H16F3NO2/c16-15(17,18)11-5-3-10(4-6-11)14(20)13-8-19-7-1-2-12(19)9-21-13/h3-6,12-13H,1-2,7-9H2. The Morgan fingerprint density at radius 3 is 2.62 bits per heavy atom. The van der Waals surface area contributed by atoms with Crippen molar-refractivity contribution in [1.82, 2.24) is 4.90 Å². The van der Waals surface area contributed by atoms with Crippen molar-refractivity contribution in [3.05, 3.63) is 35.4 Å². The molecule has 2 aliphatic heterocycles. The number of hydrogen-bond donors (Lipinski definition) is 0. The zero-order valence-electron chi connectivity index (χ0n) is 11.4. The number of ketones is 1. The van der Waals surface area contributed by atoms with E-state index in [-0.39, 0.29) is 11.3 Å². The second-order valence-corrected chi connectivity index (χ2v) is 5.55. The summed E-state index contributed by atoms with van der Waals surface area (Å²) in [6, 6.07) is 4.72. The number of rotatable bonds is 2. The van der Waals surface area contributed by atoms with E-state index in [2.05, 4.69) is 4.90 Å². The van der Waals surface area contributed by atoms with Gasteiger partial charge >= 0.3 is 6.18 Å². The van der Waals surface area contributed by atoms with Crippen molar-refractivity contribution in [1.29, 1.82) is 0 Å². The van der Waals surface area contributed by atoms with Crippen LogP contribution in [0.2, 0.25) is 0 Å². The van der Waals surface area contributed by atoms with Crippen molar-refractivity contribution < 1.29 is 22.7 Å². The molecular weight excluding hydrogens is 283 g/mol. The van der Waals surface area contributed by atoms with Crippen molar-refractivity contribution in [2.24, 2.45) is 0 Å². The molecule has 114 valence electrons. The summed E-state index contributed by atoms with van der Waals surface area (Å²) in [5.74, 6) is -0.242. The molecule has 0 amide bonds. The molecule has 2 saturated heterocycles. The van der Waals surface area contributed by atoms with Gasteiger partial charge in [-0.3, -0.25) is 9.69 Å². The van der Waals surface area contributed by atoms with Crippen LogP contribution in [0.15, 0.2) is 24.3 Å². The first-order chi connectivity index (χ1) is 9.95. The van der Waals surface area contributed by atoms with Gasteiger partial charge in [-0.05, 0) is 31.5 Å². The number of Topliss-reactive ketones (excluding diaryl/α,β-unsaturated/α-hetero) is 1. The fraction of sp³-hybridized carbons (Fsp3) is 0.533. The Bertz CT molecular complexity index is 527. The summed E-state index contributed by atoms with van der Waals surface area (Å²) in [5, 5.41) is 0. The molecule has 0 aliphatic carbocycles. The highest BCUT2D eigenvalue weighted by Crippen LogP contribution is 2.30. The molecule has 0 bridgehead atoms. The molecule has 6 heteroatoms. The molecule has 0 aromatic heterocycles. The summed E-state index contributed by atoms with van der Waals surface area (Å²) in [6.45, 7) is 2.02. The number of nitrogens with zero attached hydrogens (tertiary/aromatic N) is 1. The smallest absolute Gasteiger partial charge is 0.367 e. The number of ether oxygens (including phenoxy) is 1. The lowest BCUT2D eigenvalue weighted by Crippen LogP contribution is -2.49. The lowest BCUT2D eigenvalue weighted by atomic mass is 10.0. The number of hydrogen-bond acceptors (Lipinski definition) is 3. The number of halogens is 3. The van der Waals surface area contributed by atoms with Gasteiger partial charge in [0.15, 0.2) is 5.78 Å². The van der Waals surface area contributed by atoms with Gasteiger partial charge in [-0.25, -0.2) is 0 Å². The van der Waals surface area contributed by atoms with E-state index in [1.165, 1.54) is 12.1 Å². The topological polar surface area (TPSA) is 29.5 Å². The molecule has 2 fully saturated rings. The number of alkyl halides is 3. The fourth-order valence-electron chi connectivity index (χ4n) is 2.99. The number of carbonyl (C=O) groups is 1. The van der Waals surface area contributed by atoms with Gasteiger partial charge in [0, 0.05) is 18.2 Å². The minimum absolute atomic E-state index is 0.242. The number of morpholine rings is 1. The van der Waals surface area contributed by atoms with E-state index in [9.17, 15) is 18.0 Å². The Morgan fingerprint density at radius 2 is 1.95 bits per heavy atom. The van der Waals surface area contributed by atoms with E-state index in [1.54, 1.807) is 0 Å². The molecule has 1 aromatic carbocycles. The quantitative estimate of drug-likeness (QED) is 0.787. The second-order valence-electron chi connectivity index (χ2n) is 5.55. The van der Waals surface area contributed by atoms with Gasteiger partial charge in [0.05, 0.1) is 12.2 Å². The van der Waals surface area contributed by atoms with Crippen molar-refractivity contribution in [2.45, 2.75) is 31.2 Å². The largest absolute Gasteiger partial charge is 0.416 e. The van der Waals surface area contributed by atoms with E-state index in [1.807, 2.05) is 0 Å². The Kier molecular flexibility index (Phi) is 3.75. The summed E-state index contributed by atoms with van der Waals surface area (Å²) < 4.78 is 43.1. The Balaban J connectivity index is 1.70. The van der Waals surface area contributed by atoms with Crippen molar-refractivity contribution in [2.75, 3.05) is 19.7 Å². The van der Waals surface area contributed by atoms with Crippen LogP contribution in [0, 0.1) is 0 Å². The monoisotopic (exact) mass is 299 g/mol. The van der Waals surface area contributed by atoms with Gasteiger partial charge in [-0.1, -0.05) is 12.1 Å². The van der Waals surface area contributed by atoms with Crippen LogP contribution in [0.25, 0.3) is 0 Å². The number of carbonyl (C=O) groups excluding carboxylic acids is 1. The second kappa shape index (κ2) is 5.42. The minimum atomic E-state index is -4.38. The van der Waals surface area contributed by atoms with Crippen molar-refractivity contribution in [3.8, 4) is 0 Å². The van der Waals surface area contributed by atoms with Gasteiger partial charge in [0.25, 0.3) is 0 Å². The van der Waals surface area contributed by atoms with Crippen LogP contribution in [-0.4, -0.2) is 42.5 Å². The predicted molar refractivity (Wildman–Crippen MR) is 70.1 cm³/mol. The zero-order chi connectivity index (χ0) is 15.0. The molecule has 0 radical (unpaired) electrons. The van der Waals surface area contributed by atoms with E-state index in [0.29, 0.717) is 19.2 Å². The van der Waals surface area contributed by atoms with Crippen LogP contribution in [0.4, 0.5) is 13.2 Å². The van der Waals surface area contributed by atoms with E-state index < -0.39 is 17.8 Å². The van der Waals surface area contributed by atoms with Crippen LogP contribution < -0.4 is 0 Å². The highest BCUT2D eigenvalue weighted by atomic mass is 19.4. The molecule has 1 aromatic rings. The predicted octanol–water partition coefficient (Wildman–Crippen LogP) is 2.75. The lowest BCUT2D eigenvalue weighted by Gasteiger charge is -2.34. The highest BCUT2D eigenvalue weighted by molar-refractivity contribution is 5.99. The van der Waals surface area contributed by atoms with E-state index in [0.717, 1.165) is 31.5 Å². The van der Waals surface area contributed by atoms with Gasteiger partial charge in [-0.15, -0.1) is 0 Å². The van der Waals surface area contributed by atoms with E-state index in [4.69, 9.17) is 4.74 Å². The minimum Gasteiger partial charge on any atom is -0.367 e. The van der Waals surface area contributed by atoms with Crippen molar-refractivity contribution >= 4 is 5.78 Å². The first-order valence-electron chi connectivity index (χ1n) is 7.02. The third kappa shape index (κ3) is 2.96. The third-order valence-corrected chi connectivity index (χ3v) is 4.18.